The van der Waals surface area contributed by atoms with Gasteiger partial charge in [-0.25, -0.2) is 0 Å². The van der Waals surface area contributed by atoms with E-state index >= 15 is 0 Å². The summed E-state index contributed by atoms with van der Waals surface area (Å²) in [6.45, 7) is 3.94. The molecule has 1 unspecified atom stereocenters. The molecule has 0 radical (unpaired) electrons. The van der Waals surface area contributed by atoms with E-state index in [4.69, 9.17) is 4.74 Å². The highest BCUT2D eigenvalue weighted by Crippen LogP contribution is 2.25. The topological polar surface area (TPSA) is 141 Å². The van der Waals surface area contributed by atoms with Gasteiger partial charge in [0.1, 0.15) is 5.75 Å². The first-order valence-electron chi connectivity index (χ1n) is 10.7. The molecule has 2 amide bonds. The van der Waals surface area contributed by atoms with Crippen molar-refractivity contribution in [3.63, 3.8) is 0 Å². The van der Waals surface area contributed by atoms with E-state index in [1.807, 2.05) is 13.8 Å². The number of amides is 2. The van der Waals surface area contributed by atoms with Gasteiger partial charge in [-0.15, -0.1) is 10.2 Å². The molecule has 12 heteroatoms. The molecule has 3 rings (SSSR count). The van der Waals surface area contributed by atoms with Gasteiger partial charge in [0.15, 0.2) is 11.0 Å². The van der Waals surface area contributed by atoms with Crippen LogP contribution in [0.1, 0.15) is 36.1 Å². The Labute approximate surface area is 206 Å². The van der Waals surface area contributed by atoms with Crippen LogP contribution in [0.4, 0.5) is 11.4 Å². The Morgan fingerprint density at radius 1 is 1.11 bits per heavy atom. The molecular formula is C23H26N6O5S. The van der Waals surface area contributed by atoms with Crippen molar-refractivity contribution in [2.75, 3.05) is 18.2 Å². The third kappa shape index (κ3) is 6.57. The van der Waals surface area contributed by atoms with Crippen LogP contribution in [0, 0.1) is 16.0 Å². The maximum absolute atomic E-state index is 12.8. The highest BCUT2D eigenvalue weighted by atomic mass is 32.2. The molecule has 1 atom stereocenters. The molecule has 3 aromatic rings. The van der Waals surface area contributed by atoms with Crippen LogP contribution in [0.5, 0.6) is 5.75 Å². The number of carbonyl (C=O) groups is 2. The van der Waals surface area contributed by atoms with Crippen LogP contribution >= 0.6 is 11.8 Å². The molecule has 184 valence electrons. The molecule has 0 bridgehead atoms. The standard InChI is InChI=1S/C23H26N6O5S/c1-14(2)20(25-22(31)15-5-11-18(34-4)12-6-15)21-26-27-23(28(21)3)35-13-19(30)24-16-7-9-17(10-8-16)29(32)33/h5-12,14,20H,13H2,1-4H3,(H,24,30)(H,25,31). The van der Waals surface area contributed by atoms with E-state index in [0.29, 0.717) is 28.0 Å². The maximum Gasteiger partial charge on any atom is 0.269 e. The van der Waals surface area contributed by atoms with Gasteiger partial charge in [0.25, 0.3) is 11.6 Å². The molecule has 0 saturated carbocycles. The second kappa shape index (κ2) is 11.5. The van der Waals surface area contributed by atoms with Crippen LogP contribution in [-0.4, -0.2) is 44.4 Å². The summed E-state index contributed by atoms with van der Waals surface area (Å²) in [6.07, 6.45) is 0. The summed E-state index contributed by atoms with van der Waals surface area (Å²) in [5.41, 5.74) is 0.903. The second-order valence-corrected chi connectivity index (χ2v) is 8.91. The number of nitrogens with zero attached hydrogens (tertiary/aromatic N) is 4. The smallest absolute Gasteiger partial charge is 0.269 e. The lowest BCUT2D eigenvalue weighted by atomic mass is 10.0. The molecule has 0 aliphatic rings. The third-order valence-corrected chi connectivity index (χ3v) is 6.17. The predicted molar refractivity (Wildman–Crippen MR) is 131 cm³/mol. The molecule has 0 saturated heterocycles. The molecule has 2 aromatic carbocycles. The van der Waals surface area contributed by atoms with Crippen LogP contribution in [-0.2, 0) is 11.8 Å². The Balaban J connectivity index is 1.63. The fraction of sp³-hybridized carbons (Fsp3) is 0.304. The maximum atomic E-state index is 12.8. The van der Waals surface area contributed by atoms with E-state index in [1.165, 1.54) is 36.0 Å². The predicted octanol–water partition coefficient (Wildman–Crippen LogP) is 3.59. The van der Waals surface area contributed by atoms with Gasteiger partial charge in [0.05, 0.1) is 23.8 Å². The number of nitrogens with one attached hydrogen (secondary N) is 2. The molecule has 11 nitrogen and oxygen atoms in total. The molecule has 0 aliphatic carbocycles. The number of nitro benzene ring substituents is 1. The van der Waals surface area contributed by atoms with Crippen LogP contribution in [0.25, 0.3) is 0 Å². The number of nitro groups is 1. The number of methoxy groups -OCH3 is 1. The van der Waals surface area contributed by atoms with Gasteiger partial charge < -0.3 is 19.9 Å². The Hall–Kier alpha value is -3.93. The Bertz CT molecular complexity index is 1190. The van der Waals surface area contributed by atoms with E-state index in [-0.39, 0.29) is 29.2 Å². The van der Waals surface area contributed by atoms with Crippen LogP contribution in [0.3, 0.4) is 0 Å². The molecule has 0 aliphatic heterocycles. The van der Waals surface area contributed by atoms with Crippen LogP contribution < -0.4 is 15.4 Å². The van der Waals surface area contributed by atoms with Crippen LogP contribution in [0.2, 0.25) is 0 Å². The van der Waals surface area contributed by atoms with Crippen molar-refractivity contribution >= 4 is 35.0 Å². The zero-order chi connectivity index (χ0) is 25.5. The highest BCUT2D eigenvalue weighted by molar-refractivity contribution is 7.99. The number of ether oxygens (including phenoxy) is 1. The van der Waals surface area contributed by atoms with Gasteiger partial charge in [0.2, 0.25) is 5.91 Å². The normalized spacial score (nSPS) is 11.7. The van der Waals surface area contributed by atoms with E-state index in [0.717, 1.165) is 0 Å². The van der Waals surface area contributed by atoms with Gasteiger partial charge in [-0.3, -0.25) is 19.7 Å². The van der Waals surface area contributed by atoms with Crippen LogP contribution in [0.15, 0.2) is 53.7 Å². The van der Waals surface area contributed by atoms with Crippen molar-refractivity contribution in [2.45, 2.75) is 25.0 Å². The van der Waals surface area contributed by atoms with Crippen molar-refractivity contribution in [3.05, 3.63) is 70.0 Å². The molecule has 1 heterocycles. The minimum absolute atomic E-state index is 0.0309. The lowest BCUT2D eigenvalue weighted by Gasteiger charge is -2.21. The number of anilines is 1. The van der Waals surface area contributed by atoms with Gasteiger partial charge >= 0.3 is 0 Å². The summed E-state index contributed by atoms with van der Waals surface area (Å²) >= 11 is 1.19. The highest BCUT2D eigenvalue weighted by Gasteiger charge is 2.25. The van der Waals surface area contributed by atoms with Gasteiger partial charge in [-0.1, -0.05) is 25.6 Å². The number of rotatable bonds is 10. The summed E-state index contributed by atoms with van der Waals surface area (Å²) in [4.78, 5) is 35.4. The molecular weight excluding hydrogens is 472 g/mol. The Morgan fingerprint density at radius 2 is 1.77 bits per heavy atom. The van der Waals surface area contributed by atoms with Gasteiger partial charge in [-0.2, -0.15) is 0 Å². The minimum Gasteiger partial charge on any atom is -0.497 e. The van der Waals surface area contributed by atoms with Crippen molar-refractivity contribution < 1.29 is 19.2 Å². The fourth-order valence-electron chi connectivity index (χ4n) is 3.21. The van der Waals surface area contributed by atoms with Gasteiger partial charge in [0, 0.05) is 30.4 Å². The van der Waals surface area contributed by atoms with Gasteiger partial charge in [-0.05, 0) is 42.3 Å². The molecule has 1 aromatic heterocycles. The van der Waals surface area contributed by atoms with Crippen molar-refractivity contribution in [2.24, 2.45) is 13.0 Å². The first kappa shape index (κ1) is 25.7. The van der Waals surface area contributed by atoms with E-state index in [1.54, 1.807) is 43.0 Å². The average molecular weight is 499 g/mol. The number of hydrogen-bond donors (Lipinski definition) is 2. The third-order valence-electron chi connectivity index (χ3n) is 5.15. The first-order valence-corrected chi connectivity index (χ1v) is 11.7. The largest absolute Gasteiger partial charge is 0.497 e. The number of hydrogen-bond acceptors (Lipinski definition) is 8. The summed E-state index contributed by atoms with van der Waals surface area (Å²) in [5.74, 6) is 0.791. The number of benzene rings is 2. The zero-order valence-corrected chi connectivity index (χ0v) is 20.5. The zero-order valence-electron chi connectivity index (χ0n) is 19.7. The second-order valence-electron chi connectivity index (χ2n) is 7.96. The molecule has 2 N–H and O–H groups in total. The van der Waals surface area contributed by atoms with E-state index in [2.05, 4.69) is 20.8 Å². The summed E-state index contributed by atoms with van der Waals surface area (Å²) in [5, 5.41) is 25.4. The minimum atomic E-state index is -0.503. The molecule has 0 fully saturated rings. The fourth-order valence-corrected chi connectivity index (χ4v) is 3.93. The summed E-state index contributed by atoms with van der Waals surface area (Å²) < 4.78 is 6.89. The Morgan fingerprint density at radius 3 is 2.34 bits per heavy atom. The Kier molecular flexibility index (Phi) is 8.42. The van der Waals surface area contributed by atoms with Crippen molar-refractivity contribution in [3.8, 4) is 5.75 Å². The summed E-state index contributed by atoms with van der Waals surface area (Å²) in [6, 6.07) is 12.0. The van der Waals surface area contributed by atoms with Crippen molar-refractivity contribution in [1.29, 1.82) is 0 Å². The quantitative estimate of drug-likeness (QED) is 0.245. The lowest BCUT2D eigenvalue weighted by molar-refractivity contribution is -0.384. The van der Waals surface area contributed by atoms with Crippen molar-refractivity contribution in [1.82, 2.24) is 20.1 Å². The van der Waals surface area contributed by atoms with E-state index in [9.17, 15) is 19.7 Å². The number of non-ortho nitro benzene ring substituents is 1. The lowest BCUT2D eigenvalue weighted by Crippen LogP contribution is -2.33. The average Bonchev–Trinajstić information content (AvgIpc) is 3.21. The number of carbonyl (C=O) groups excluding carboxylic acids is 2. The monoisotopic (exact) mass is 498 g/mol. The SMILES string of the molecule is COc1ccc(C(=O)NC(c2nnc(SCC(=O)Nc3ccc([N+](=O)[O-])cc3)n2C)C(C)C)cc1. The van der Waals surface area contributed by atoms with E-state index < -0.39 is 11.0 Å². The molecule has 35 heavy (non-hydrogen) atoms. The number of aromatic nitrogens is 3. The number of thioether (sulfide) groups is 1. The first-order chi connectivity index (χ1) is 16.7. The molecule has 0 spiro atoms. The summed E-state index contributed by atoms with van der Waals surface area (Å²) in [7, 11) is 3.34.